The second-order valence-electron chi connectivity index (χ2n) is 7.62. The zero-order valence-corrected chi connectivity index (χ0v) is 21.5. The summed E-state index contributed by atoms with van der Waals surface area (Å²) >= 11 is 0. The minimum atomic E-state index is -0.0230. The van der Waals surface area contributed by atoms with Crippen LogP contribution in [0, 0.1) is 0 Å². The third-order valence-corrected chi connectivity index (χ3v) is 5.15. The summed E-state index contributed by atoms with van der Waals surface area (Å²) in [7, 11) is 3.42. The maximum Gasteiger partial charge on any atom is 0.191 e. The Morgan fingerprint density at radius 2 is 1.75 bits per heavy atom. The van der Waals surface area contributed by atoms with Crippen LogP contribution in [0.5, 0.6) is 11.5 Å². The third kappa shape index (κ3) is 8.84. The van der Waals surface area contributed by atoms with E-state index in [4.69, 9.17) is 14.2 Å². The number of nitrogens with zero attached hydrogens (tertiary/aromatic N) is 2. The van der Waals surface area contributed by atoms with E-state index in [2.05, 4.69) is 44.8 Å². The highest BCUT2D eigenvalue weighted by atomic mass is 127. The topological polar surface area (TPSA) is 67.4 Å². The lowest BCUT2D eigenvalue weighted by Gasteiger charge is -2.26. The summed E-state index contributed by atoms with van der Waals surface area (Å²) in [5.41, 5.74) is 2.55. The summed E-state index contributed by atoms with van der Waals surface area (Å²) in [4.78, 5) is 6.73. The molecule has 8 heteroatoms. The molecule has 0 spiro atoms. The molecule has 32 heavy (non-hydrogen) atoms. The number of rotatable bonds is 9. The smallest absolute Gasteiger partial charge is 0.191 e. The lowest BCUT2D eigenvalue weighted by atomic mass is 10.1. The maximum absolute atomic E-state index is 5.95. The van der Waals surface area contributed by atoms with Crippen LogP contribution in [0.4, 0.5) is 0 Å². The highest BCUT2D eigenvalue weighted by molar-refractivity contribution is 14.0. The minimum Gasteiger partial charge on any atom is -0.497 e. The molecule has 1 fully saturated rings. The van der Waals surface area contributed by atoms with Gasteiger partial charge in [-0.1, -0.05) is 30.3 Å². The van der Waals surface area contributed by atoms with Crippen LogP contribution in [0.3, 0.4) is 0 Å². The minimum absolute atomic E-state index is 0. The van der Waals surface area contributed by atoms with Gasteiger partial charge < -0.3 is 24.8 Å². The zero-order valence-electron chi connectivity index (χ0n) is 19.2. The van der Waals surface area contributed by atoms with Gasteiger partial charge in [0.25, 0.3) is 0 Å². The molecular formula is C24H35IN4O3. The second-order valence-corrected chi connectivity index (χ2v) is 7.62. The average Bonchev–Trinajstić information content (AvgIpc) is 2.81. The Hall–Kier alpha value is -2.04. The largest absolute Gasteiger partial charge is 0.497 e. The van der Waals surface area contributed by atoms with Crippen molar-refractivity contribution in [1.29, 1.82) is 0 Å². The molecule has 2 aromatic rings. The van der Waals surface area contributed by atoms with Gasteiger partial charge in [-0.25, -0.2) is 0 Å². The van der Waals surface area contributed by atoms with Crippen molar-refractivity contribution in [2.45, 2.75) is 26.1 Å². The van der Waals surface area contributed by atoms with Crippen LogP contribution >= 0.6 is 24.0 Å². The molecule has 1 heterocycles. The van der Waals surface area contributed by atoms with Crippen molar-refractivity contribution < 1.29 is 14.2 Å². The molecule has 0 saturated carbocycles. The predicted molar refractivity (Wildman–Crippen MR) is 139 cm³/mol. The van der Waals surface area contributed by atoms with Gasteiger partial charge in [-0.15, -0.1) is 24.0 Å². The molecule has 0 radical (unpaired) electrons. The molecule has 1 saturated heterocycles. The van der Waals surface area contributed by atoms with Crippen LogP contribution in [0.15, 0.2) is 53.5 Å². The van der Waals surface area contributed by atoms with E-state index in [1.807, 2.05) is 31.2 Å². The predicted octanol–water partition coefficient (Wildman–Crippen LogP) is 3.28. The van der Waals surface area contributed by atoms with Gasteiger partial charge in [0.15, 0.2) is 5.96 Å². The fourth-order valence-electron chi connectivity index (χ4n) is 3.38. The quantitative estimate of drug-likeness (QED) is 0.282. The number of hydrogen-bond acceptors (Lipinski definition) is 5. The van der Waals surface area contributed by atoms with Gasteiger partial charge in [0.1, 0.15) is 17.6 Å². The number of aliphatic imine (C=N–C) groups is 1. The number of nitrogens with one attached hydrogen (secondary N) is 2. The molecular weight excluding hydrogens is 519 g/mol. The standard InChI is InChI=1S/C24H34N4O3.HI/c1-19(31-23-6-4-5-22(15-23)29-3)16-26-24(25-2)27-17-20-7-9-21(10-8-20)18-28-11-13-30-14-12-28;/h4-10,15,19H,11-14,16-18H2,1-3H3,(H2,25,26,27);1H. The number of guanidine groups is 1. The SMILES string of the molecule is CN=C(NCc1ccc(CN2CCOCC2)cc1)NCC(C)Oc1cccc(OC)c1.I. The van der Waals surface area contributed by atoms with Gasteiger partial charge in [0, 0.05) is 39.3 Å². The van der Waals surface area contributed by atoms with Crippen molar-refractivity contribution in [1.82, 2.24) is 15.5 Å². The van der Waals surface area contributed by atoms with Gasteiger partial charge in [0.05, 0.1) is 26.9 Å². The molecule has 0 bridgehead atoms. The van der Waals surface area contributed by atoms with Crippen LogP contribution in [0.1, 0.15) is 18.1 Å². The number of halogens is 1. The fourth-order valence-corrected chi connectivity index (χ4v) is 3.38. The molecule has 1 aliphatic heterocycles. The molecule has 2 N–H and O–H groups in total. The second kappa shape index (κ2) is 14.2. The maximum atomic E-state index is 5.95. The van der Waals surface area contributed by atoms with E-state index in [1.165, 1.54) is 11.1 Å². The number of hydrogen-bond donors (Lipinski definition) is 2. The molecule has 2 aromatic carbocycles. The lowest BCUT2D eigenvalue weighted by molar-refractivity contribution is 0.0342. The summed E-state index contributed by atoms with van der Waals surface area (Å²) in [5.74, 6) is 2.32. The number of morpholine rings is 1. The monoisotopic (exact) mass is 554 g/mol. The van der Waals surface area contributed by atoms with Crippen LogP contribution in [-0.4, -0.2) is 64.0 Å². The lowest BCUT2D eigenvalue weighted by Crippen LogP contribution is -2.41. The van der Waals surface area contributed by atoms with E-state index in [1.54, 1.807) is 14.2 Å². The molecule has 1 unspecified atom stereocenters. The molecule has 0 amide bonds. The average molecular weight is 554 g/mol. The third-order valence-electron chi connectivity index (χ3n) is 5.15. The zero-order chi connectivity index (χ0) is 21.9. The first kappa shape index (κ1) is 26.2. The summed E-state index contributed by atoms with van der Waals surface area (Å²) in [6, 6.07) is 16.4. The van der Waals surface area contributed by atoms with Crippen LogP contribution < -0.4 is 20.1 Å². The molecule has 0 aromatic heterocycles. The molecule has 7 nitrogen and oxygen atoms in total. The molecule has 1 atom stereocenters. The van der Waals surface area contributed by atoms with E-state index < -0.39 is 0 Å². The Morgan fingerprint density at radius 1 is 1.06 bits per heavy atom. The highest BCUT2D eigenvalue weighted by Crippen LogP contribution is 2.19. The van der Waals surface area contributed by atoms with Gasteiger partial charge in [0.2, 0.25) is 0 Å². The van der Waals surface area contributed by atoms with Crippen molar-refractivity contribution in [2.24, 2.45) is 4.99 Å². The number of benzene rings is 2. The summed E-state index contributed by atoms with van der Waals surface area (Å²) in [6.45, 7) is 8.02. The van der Waals surface area contributed by atoms with E-state index in [9.17, 15) is 0 Å². The van der Waals surface area contributed by atoms with Gasteiger partial charge >= 0.3 is 0 Å². The van der Waals surface area contributed by atoms with Crippen LogP contribution in [0.25, 0.3) is 0 Å². The first-order chi connectivity index (χ1) is 15.2. The van der Waals surface area contributed by atoms with Crippen molar-refractivity contribution in [3.8, 4) is 11.5 Å². The molecule has 1 aliphatic rings. The van der Waals surface area contributed by atoms with E-state index in [0.717, 1.165) is 50.3 Å². The van der Waals surface area contributed by atoms with Crippen molar-refractivity contribution in [3.05, 3.63) is 59.7 Å². The first-order valence-corrected chi connectivity index (χ1v) is 10.8. The van der Waals surface area contributed by atoms with E-state index in [-0.39, 0.29) is 30.1 Å². The Bertz CT molecular complexity index is 826. The summed E-state index contributed by atoms with van der Waals surface area (Å²) in [5, 5.41) is 6.68. The Kier molecular flexibility index (Phi) is 11.6. The van der Waals surface area contributed by atoms with Crippen LogP contribution in [0.2, 0.25) is 0 Å². The fraction of sp³-hybridized carbons (Fsp3) is 0.458. The van der Waals surface area contributed by atoms with Crippen molar-refractivity contribution in [3.63, 3.8) is 0 Å². The molecule has 3 rings (SSSR count). The van der Waals surface area contributed by atoms with Gasteiger partial charge in [-0.05, 0) is 30.2 Å². The number of ether oxygens (including phenoxy) is 3. The van der Waals surface area contributed by atoms with Gasteiger partial charge in [-0.2, -0.15) is 0 Å². The summed E-state index contributed by atoms with van der Waals surface area (Å²) < 4.78 is 16.6. The van der Waals surface area contributed by atoms with Crippen molar-refractivity contribution in [2.75, 3.05) is 47.0 Å². The molecule has 176 valence electrons. The molecule has 0 aliphatic carbocycles. The highest BCUT2D eigenvalue weighted by Gasteiger charge is 2.11. The number of methoxy groups -OCH3 is 1. The van der Waals surface area contributed by atoms with Crippen molar-refractivity contribution >= 4 is 29.9 Å². The Balaban J connectivity index is 0.00000363. The summed E-state index contributed by atoms with van der Waals surface area (Å²) in [6.07, 6.45) is -0.0230. The first-order valence-electron chi connectivity index (χ1n) is 10.8. The van der Waals surface area contributed by atoms with Crippen LogP contribution in [-0.2, 0) is 17.8 Å². The normalized spacial score (nSPS) is 15.4. The Labute approximate surface area is 208 Å². The van der Waals surface area contributed by atoms with E-state index in [0.29, 0.717) is 13.1 Å². The van der Waals surface area contributed by atoms with E-state index >= 15 is 0 Å². The van der Waals surface area contributed by atoms with Gasteiger partial charge in [-0.3, -0.25) is 9.89 Å². The Morgan fingerprint density at radius 3 is 2.44 bits per heavy atom.